The van der Waals surface area contributed by atoms with Crippen molar-refractivity contribution in [1.29, 1.82) is 0 Å². The Kier molecular flexibility index (Phi) is 5.29. The fraction of sp³-hybridized carbons (Fsp3) is 0.133. The standard InChI is InChI=1S/C15H11F2N3O3S2/c16-14(17)25-10-5-2-1-4-9(10)18-12(21)8-20-15(22)23-13(19-20)11-6-3-7-24-11/h1-7,14H,8H2,(H,18,21). The van der Waals surface area contributed by atoms with Crippen molar-refractivity contribution in [2.24, 2.45) is 0 Å². The third-order valence-corrected chi connectivity index (χ3v) is 4.65. The van der Waals surface area contributed by atoms with E-state index in [9.17, 15) is 18.4 Å². The number of carbonyl (C=O) groups excluding carboxylic acids is 1. The number of amides is 1. The van der Waals surface area contributed by atoms with Crippen LogP contribution in [0.3, 0.4) is 0 Å². The predicted molar refractivity (Wildman–Crippen MR) is 91.0 cm³/mol. The SMILES string of the molecule is O=C(Cn1nc(-c2cccs2)oc1=O)Nc1ccccc1SC(F)F. The van der Waals surface area contributed by atoms with Crippen LogP contribution in [0.4, 0.5) is 14.5 Å². The number of thiophene rings is 1. The third-order valence-electron chi connectivity index (χ3n) is 3.01. The van der Waals surface area contributed by atoms with Gasteiger partial charge in [0.2, 0.25) is 5.91 Å². The molecule has 25 heavy (non-hydrogen) atoms. The molecule has 2 aromatic heterocycles. The van der Waals surface area contributed by atoms with Crippen molar-refractivity contribution in [2.75, 3.05) is 5.32 Å². The highest BCUT2D eigenvalue weighted by molar-refractivity contribution is 7.99. The van der Waals surface area contributed by atoms with Gasteiger partial charge in [-0.2, -0.15) is 13.5 Å². The van der Waals surface area contributed by atoms with E-state index in [4.69, 9.17) is 4.42 Å². The van der Waals surface area contributed by atoms with Crippen LogP contribution in [-0.2, 0) is 11.3 Å². The maximum atomic E-state index is 12.6. The van der Waals surface area contributed by atoms with E-state index in [2.05, 4.69) is 10.4 Å². The molecule has 0 bridgehead atoms. The van der Waals surface area contributed by atoms with Gasteiger partial charge >= 0.3 is 5.76 Å². The molecule has 1 N–H and O–H groups in total. The molecule has 0 fully saturated rings. The van der Waals surface area contributed by atoms with Gasteiger partial charge in [0.05, 0.1) is 10.6 Å². The molecule has 1 amide bonds. The molecule has 0 aliphatic rings. The lowest BCUT2D eigenvalue weighted by molar-refractivity contribution is -0.117. The lowest BCUT2D eigenvalue weighted by Crippen LogP contribution is -2.26. The maximum Gasteiger partial charge on any atom is 0.437 e. The second kappa shape index (κ2) is 7.62. The number of alkyl halides is 2. The quantitative estimate of drug-likeness (QED) is 0.659. The molecule has 0 saturated carbocycles. The topological polar surface area (TPSA) is 77.1 Å². The Labute approximate surface area is 148 Å². The summed E-state index contributed by atoms with van der Waals surface area (Å²) in [5, 5.41) is 8.27. The van der Waals surface area contributed by atoms with Crippen LogP contribution in [0.25, 0.3) is 10.8 Å². The monoisotopic (exact) mass is 383 g/mol. The van der Waals surface area contributed by atoms with Crippen LogP contribution in [-0.4, -0.2) is 21.4 Å². The normalized spacial score (nSPS) is 11.0. The van der Waals surface area contributed by atoms with Crippen LogP contribution in [0.2, 0.25) is 0 Å². The summed E-state index contributed by atoms with van der Waals surface area (Å²) in [6.07, 6.45) is 0. The van der Waals surface area contributed by atoms with Crippen molar-refractivity contribution < 1.29 is 18.0 Å². The number of nitrogens with one attached hydrogen (secondary N) is 1. The average Bonchev–Trinajstić information content (AvgIpc) is 3.19. The van der Waals surface area contributed by atoms with E-state index in [1.54, 1.807) is 29.6 Å². The Morgan fingerprint density at radius 3 is 2.84 bits per heavy atom. The fourth-order valence-electron chi connectivity index (χ4n) is 2.00. The Bertz CT molecular complexity index is 922. The molecule has 0 radical (unpaired) electrons. The summed E-state index contributed by atoms with van der Waals surface area (Å²) in [6, 6.07) is 9.70. The second-order valence-corrected chi connectivity index (χ2v) is 6.71. The second-order valence-electron chi connectivity index (χ2n) is 4.73. The summed E-state index contributed by atoms with van der Waals surface area (Å²) < 4.78 is 31.0. The number of anilines is 1. The number of para-hydroxylation sites is 1. The van der Waals surface area contributed by atoms with E-state index in [1.165, 1.54) is 23.5 Å². The Morgan fingerprint density at radius 2 is 2.12 bits per heavy atom. The molecule has 6 nitrogen and oxygen atoms in total. The zero-order valence-electron chi connectivity index (χ0n) is 12.5. The van der Waals surface area contributed by atoms with Gasteiger partial charge in [-0.1, -0.05) is 30.0 Å². The summed E-state index contributed by atoms with van der Waals surface area (Å²) in [4.78, 5) is 24.8. The minimum atomic E-state index is -2.61. The van der Waals surface area contributed by atoms with Crippen molar-refractivity contribution in [3.63, 3.8) is 0 Å². The number of rotatable bonds is 6. The van der Waals surface area contributed by atoms with Crippen molar-refractivity contribution in [2.45, 2.75) is 17.2 Å². The molecule has 2 heterocycles. The van der Waals surface area contributed by atoms with E-state index >= 15 is 0 Å². The third kappa shape index (κ3) is 4.34. The number of thioether (sulfide) groups is 1. The fourth-order valence-corrected chi connectivity index (χ4v) is 3.24. The summed E-state index contributed by atoms with van der Waals surface area (Å²) in [5.74, 6) is -3.82. The molecule has 1 aromatic carbocycles. The molecule has 0 aliphatic carbocycles. The minimum Gasteiger partial charge on any atom is -0.387 e. The minimum absolute atomic E-state index is 0.126. The summed E-state index contributed by atoms with van der Waals surface area (Å²) in [6.45, 7) is -0.388. The van der Waals surface area contributed by atoms with Crippen LogP contribution in [0, 0.1) is 0 Å². The smallest absolute Gasteiger partial charge is 0.387 e. The zero-order valence-corrected chi connectivity index (χ0v) is 14.2. The lowest BCUT2D eigenvalue weighted by atomic mass is 10.3. The van der Waals surface area contributed by atoms with Crippen molar-refractivity contribution in [3.8, 4) is 10.8 Å². The van der Waals surface area contributed by atoms with Gasteiger partial charge < -0.3 is 9.73 Å². The molecule has 3 aromatic rings. The van der Waals surface area contributed by atoms with Gasteiger partial charge in [0.1, 0.15) is 6.54 Å². The zero-order chi connectivity index (χ0) is 17.8. The number of nitrogens with zero attached hydrogens (tertiary/aromatic N) is 2. The van der Waals surface area contributed by atoms with E-state index < -0.39 is 17.4 Å². The lowest BCUT2D eigenvalue weighted by Gasteiger charge is -2.09. The molecule has 0 atom stereocenters. The van der Waals surface area contributed by atoms with Crippen LogP contribution < -0.4 is 11.1 Å². The van der Waals surface area contributed by atoms with Gasteiger partial charge in [0.15, 0.2) is 0 Å². The molecule has 130 valence electrons. The van der Waals surface area contributed by atoms with E-state index in [1.807, 2.05) is 0 Å². The summed E-state index contributed by atoms with van der Waals surface area (Å²) in [7, 11) is 0. The molecule has 3 rings (SSSR count). The number of carbonyl (C=O) groups is 1. The highest BCUT2D eigenvalue weighted by atomic mass is 32.2. The first-order valence-electron chi connectivity index (χ1n) is 6.98. The first kappa shape index (κ1) is 17.4. The van der Waals surface area contributed by atoms with Gasteiger partial charge in [-0.25, -0.2) is 4.79 Å². The van der Waals surface area contributed by atoms with Crippen LogP contribution in [0.1, 0.15) is 0 Å². The van der Waals surface area contributed by atoms with Crippen LogP contribution >= 0.6 is 23.1 Å². The molecule has 0 aliphatic heterocycles. The van der Waals surface area contributed by atoms with Gasteiger partial charge in [0.25, 0.3) is 11.6 Å². The van der Waals surface area contributed by atoms with Crippen molar-refractivity contribution >= 4 is 34.7 Å². The molecular formula is C15H11F2N3O3S2. The summed E-state index contributed by atoms with van der Waals surface area (Å²) >= 11 is 1.67. The predicted octanol–water partition coefficient (Wildman–Crippen LogP) is 3.52. The number of hydrogen-bond acceptors (Lipinski definition) is 6. The molecule has 0 saturated heterocycles. The van der Waals surface area contributed by atoms with E-state index in [-0.39, 0.29) is 23.0 Å². The molecular weight excluding hydrogens is 372 g/mol. The molecule has 0 unspecified atom stereocenters. The van der Waals surface area contributed by atoms with Gasteiger partial charge in [0, 0.05) is 4.90 Å². The highest BCUT2D eigenvalue weighted by Gasteiger charge is 2.16. The number of benzene rings is 1. The molecule has 10 heteroatoms. The van der Waals surface area contributed by atoms with E-state index in [0.29, 0.717) is 16.6 Å². The number of hydrogen-bond donors (Lipinski definition) is 1. The Morgan fingerprint density at radius 1 is 1.32 bits per heavy atom. The van der Waals surface area contributed by atoms with Gasteiger partial charge in [-0.3, -0.25) is 4.79 Å². The van der Waals surface area contributed by atoms with Gasteiger partial charge in [-0.05, 0) is 23.6 Å². The number of aromatic nitrogens is 2. The Hall–Kier alpha value is -2.46. The first-order chi connectivity index (χ1) is 12.0. The summed E-state index contributed by atoms with van der Waals surface area (Å²) in [5.41, 5.74) is 0.243. The van der Waals surface area contributed by atoms with E-state index in [0.717, 1.165) is 4.68 Å². The van der Waals surface area contributed by atoms with Crippen molar-refractivity contribution in [1.82, 2.24) is 9.78 Å². The van der Waals surface area contributed by atoms with Crippen LogP contribution in [0.5, 0.6) is 0 Å². The first-order valence-corrected chi connectivity index (χ1v) is 8.74. The largest absolute Gasteiger partial charge is 0.437 e. The number of halogens is 2. The average molecular weight is 383 g/mol. The van der Waals surface area contributed by atoms with Gasteiger partial charge in [-0.15, -0.1) is 16.4 Å². The van der Waals surface area contributed by atoms with Crippen molar-refractivity contribution in [3.05, 3.63) is 52.3 Å². The Balaban J connectivity index is 1.73. The maximum absolute atomic E-state index is 12.6. The molecule has 0 spiro atoms. The highest BCUT2D eigenvalue weighted by Crippen LogP contribution is 2.31. The van der Waals surface area contributed by atoms with Crippen LogP contribution in [0.15, 0.2) is 55.9 Å².